The molecule has 1 atom stereocenters. The minimum atomic E-state index is 0.281. The summed E-state index contributed by atoms with van der Waals surface area (Å²) in [7, 11) is 0. The minimum Gasteiger partial charge on any atom is -0.476 e. The van der Waals surface area contributed by atoms with E-state index < -0.39 is 0 Å². The number of thiocarbonyl (C=S) groups is 1. The first-order valence-electron chi connectivity index (χ1n) is 5.44. The van der Waals surface area contributed by atoms with Crippen LogP contribution in [0.2, 0.25) is 0 Å². The highest BCUT2D eigenvalue weighted by Crippen LogP contribution is 2.27. The van der Waals surface area contributed by atoms with Crippen LogP contribution in [0, 0.1) is 9.62 Å². The first kappa shape index (κ1) is 12.8. The van der Waals surface area contributed by atoms with Crippen LogP contribution in [0.4, 0.5) is 0 Å². The van der Waals surface area contributed by atoms with E-state index in [1.54, 1.807) is 0 Å². The van der Waals surface area contributed by atoms with Gasteiger partial charge in [0, 0.05) is 16.4 Å². The van der Waals surface area contributed by atoms with Gasteiger partial charge in [-0.25, -0.2) is 0 Å². The van der Waals surface area contributed by atoms with E-state index in [1.165, 1.54) is 0 Å². The molecule has 5 heteroatoms. The van der Waals surface area contributed by atoms with Crippen molar-refractivity contribution in [3.63, 3.8) is 0 Å². The summed E-state index contributed by atoms with van der Waals surface area (Å²) in [5, 5.41) is 0. The van der Waals surface area contributed by atoms with E-state index in [9.17, 15) is 0 Å². The monoisotopic (exact) mass is 360 g/mol. The van der Waals surface area contributed by atoms with Gasteiger partial charge in [-0.2, -0.15) is 4.98 Å². The van der Waals surface area contributed by atoms with Crippen molar-refractivity contribution in [1.29, 1.82) is 0 Å². The SMILES string of the molecule is CCOc1nc(C2=CC=CC(C)C2=S)[nH]c1I. The number of hydrogen-bond acceptors (Lipinski definition) is 3. The summed E-state index contributed by atoms with van der Waals surface area (Å²) >= 11 is 7.61. The molecule has 17 heavy (non-hydrogen) atoms. The molecule has 0 saturated heterocycles. The second-order valence-corrected chi connectivity index (χ2v) is 5.27. The lowest BCUT2D eigenvalue weighted by Gasteiger charge is -2.14. The van der Waals surface area contributed by atoms with Crippen molar-refractivity contribution < 1.29 is 4.74 Å². The first-order valence-corrected chi connectivity index (χ1v) is 6.93. The molecule has 0 amide bonds. The van der Waals surface area contributed by atoms with E-state index in [4.69, 9.17) is 17.0 Å². The third kappa shape index (κ3) is 2.60. The Morgan fingerprint density at radius 2 is 2.35 bits per heavy atom. The first-order chi connectivity index (χ1) is 8.13. The maximum absolute atomic E-state index is 5.43. The fraction of sp³-hybridized carbons (Fsp3) is 0.333. The van der Waals surface area contributed by atoms with Crippen molar-refractivity contribution >= 4 is 45.2 Å². The zero-order valence-corrected chi connectivity index (χ0v) is 12.6. The molecule has 0 fully saturated rings. The molecule has 0 radical (unpaired) electrons. The van der Waals surface area contributed by atoms with Gasteiger partial charge in [-0.05, 0) is 29.5 Å². The molecule has 1 unspecified atom stereocenters. The van der Waals surface area contributed by atoms with Gasteiger partial charge in [-0.1, -0.05) is 37.4 Å². The Morgan fingerprint density at radius 3 is 3.06 bits per heavy atom. The molecular weight excluding hydrogens is 347 g/mol. The summed E-state index contributed by atoms with van der Waals surface area (Å²) in [5.74, 6) is 1.72. The van der Waals surface area contributed by atoms with Crippen molar-refractivity contribution in [3.8, 4) is 5.88 Å². The van der Waals surface area contributed by atoms with Crippen LogP contribution in [0.25, 0.3) is 5.57 Å². The molecule has 1 aliphatic rings. The zero-order chi connectivity index (χ0) is 12.4. The van der Waals surface area contributed by atoms with Gasteiger partial charge in [0.1, 0.15) is 9.53 Å². The van der Waals surface area contributed by atoms with Gasteiger partial charge in [0.05, 0.1) is 6.61 Å². The van der Waals surface area contributed by atoms with E-state index in [0.717, 1.165) is 20.0 Å². The minimum absolute atomic E-state index is 0.281. The maximum atomic E-state index is 5.43. The number of ether oxygens (including phenoxy) is 1. The number of H-pyrrole nitrogens is 1. The number of nitrogens with zero attached hydrogens (tertiary/aromatic N) is 1. The highest BCUT2D eigenvalue weighted by molar-refractivity contribution is 14.1. The summed E-state index contributed by atoms with van der Waals surface area (Å²) in [5.41, 5.74) is 0.985. The van der Waals surface area contributed by atoms with Crippen molar-refractivity contribution in [1.82, 2.24) is 9.97 Å². The Bertz CT molecular complexity index is 505. The smallest absolute Gasteiger partial charge is 0.246 e. The van der Waals surface area contributed by atoms with Crippen molar-refractivity contribution in [2.24, 2.45) is 5.92 Å². The normalized spacial score (nSPS) is 19.4. The van der Waals surface area contributed by atoms with E-state index in [1.807, 2.05) is 19.1 Å². The molecule has 1 aliphatic carbocycles. The molecule has 1 aromatic rings. The summed E-state index contributed by atoms with van der Waals surface area (Å²) in [6, 6.07) is 0. The van der Waals surface area contributed by atoms with Crippen LogP contribution in [0.3, 0.4) is 0 Å². The molecular formula is C12H13IN2OS. The third-order valence-corrected chi connectivity index (χ3v) is 3.83. The average Bonchev–Trinajstić information content (AvgIpc) is 2.65. The third-order valence-electron chi connectivity index (χ3n) is 2.51. The molecule has 1 aromatic heterocycles. The van der Waals surface area contributed by atoms with Gasteiger partial charge in [0.25, 0.3) is 0 Å². The summed E-state index contributed by atoms with van der Waals surface area (Å²) in [6.07, 6.45) is 6.10. The van der Waals surface area contributed by atoms with Crippen LogP contribution in [-0.4, -0.2) is 21.4 Å². The second-order valence-electron chi connectivity index (χ2n) is 3.76. The van der Waals surface area contributed by atoms with Crippen LogP contribution in [0.1, 0.15) is 19.7 Å². The molecule has 90 valence electrons. The molecule has 0 aliphatic heterocycles. The van der Waals surface area contributed by atoms with Crippen LogP contribution in [0.5, 0.6) is 5.88 Å². The molecule has 2 rings (SSSR count). The number of rotatable bonds is 3. The summed E-state index contributed by atoms with van der Waals surface area (Å²) < 4.78 is 6.34. The second kappa shape index (κ2) is 5.30. The molecule has 1 N–H and O–H groups in total. The number of imidazole rings is 1. The Kier molecular flexibility index (Phi) is 3.98. The van der Waals surface area contributed by atoms with Crippen molar-refractivity contribution in [2.45, 2.75) is 13.8 Å². The van der Waals surface area contributed by atoms with Gasteiger partial charge in [-0.3, -0.25) is 0 Å². The molecule has 3 nitrogen and oxygen atoms in total. The Hall–Kier alpha value is -0.690. The Labute approximate surface area is 119 Å². The van der Waals surface area contributed by atoms with Gasteiger partial charge < -0.3 is 9.72 Å². The standard InChI is InChI=1S/C12H13IN2OS/c1-3-16-12-10(13)14-11(15-12)8-6-4-5-7(2)9(8)17/h4-7H,3H2,1-2H3,(H,14,15). The van der Waals surface area contributed by atoms with E-state index in [0.29, 0.717) is 12.5 Å². The number of halogens is 1. The lowest BCUT2D eigenvalue weighted by molar-refractivity contribution is 0.326. The highest BCUT2D eigenvalue weighted by atomic mass is 127. The van der Waals surface area contributed by atoms with Crippen LogP contribution < -0.4 is 4.74 Å². The van der Waals surface area contributed by atoms with Gasteiger partial charge in [-0.15, -0.1) is 0 Å². The van der Waals surface area contributed by atoms with Crippen LogP contribution >= 0.6 is 34.8 Å². The van der Waals surface area contributed by atoms with Crippen LogP contribution in [0.15, 0.2) is 18.2 Å². The van der Waals surface area contributed by atoms with Gasteiger partial charge >= 0.3 is 0 Å². The topological polar surface area (TPSA) is 37.9 Å². The Balaban J connectivity index is 2.34. The maximum Gasteiger partial charge on any atom is 0.246 e. The molecule has 1 heterocycles. The molecule has 0 spiro atoms. The zero-order valence-electron chi connectivity index (χ0n) is 9.66. The number of hydrogen-bond donors (Lipinski definition) is 1. The van der Waals surface area contributed by atoms with E-state index in [2.05, 4.69) is 45.6 Å². The predicted molar refractivity (Wildman–Crippen MR) is 81.4 cm³/mol. The quantitative estimate of drug-likeness (QED) is 0.664. The Morgan fingerprint density at radius 1 is 1.59 bits per heavy atom. The average molecular weight is 360 g/mol. The van der Waals surface area contributed by atoms with Crippen molar-refractivity contribution in [3.05, 3.63) is 27.8 Å². The highest BCUT2D eigenvalue weighted by Gasteiger charge is 2.19. The van der Waals surface area contributed by atoms with Crippen molar-refractivity contribution in [2.75, 3.05) is 6.61 Å². The van der Waals surface area contributed by atoms with E-state index >= 15 is 0 Å². The van der Waals surface area contributed by atoms with E-state index in [-0.39, 0.29) is 5.92 Å². The summed E-state index contributed by atoms with van der Waals surface area (Å²) in [4.78, 5) is 8.56. The molecule has 0 bridgehead atoms. The number of aromatic nitrogens is 2. The number of allylic oxidation sites excluding steroid dienone is 4. The summed E-state index contributed by atoms with van der Waals surface area (Å²) in [6.45, 7) is 4.64. The number of nitrogens with one attached hydrogen (secondary N) is 1. The fourth-order valence-corrected chi connectivity index (χ4v) is 2.40. The molecule has 0 aromatic carbocycles. The fourth-order valence-electron chi connectivity index (χ4n) is 1.62. The predicted octanol–water partition coefficient (Wildman–Crippen LogP) is 3.37. The number of aromatic amines is 1. The lowest BCUT2D eigenvalue weighted by Crippen LogP contribution is -2.12. The van der Waals surface area contributed by atoms with Gasteiger partial charge in [0.2, 0.25) is 5.88 Å². The van der Waals surface area contributed by atoms with Crippen LogP contribution in [-0.2, 0) is 0 Å². The largest absolute Gasteiger partial charge is 0.476 e. The lowest BCUT2D eigenvalue weighted by atomic mass is 9.95. The van der Waals surface area contributed by atoms with Gasteiger partial charge in [0.15, 0.2) is 0 Å². The molecule has 0 saturated carbocycles.